The lowest BCUT2D eigenvalue weighted by molar-refractivity contribution is 0.101. The minimum atomic E-state index is -0.462. The molecule has 16 heavy (non-hydrogen) atoms. The third kappa shape index (κ3) is 2.06. The zero-order valence-corrected chi connectivity index (χ0v) is 8.25. The molecule has 0 aliphatic carbocycles. The molecule has 82 valence electrons. The Morgan fingerprint density at radius 2 is 2.06 bits per heavy atom. The van der Waals surface area contributed by atoms with Gasteiger partial charge in [0.2, 0.25) is 0 Å². The topological polar surface area (TPSA) is 88.3 Å². The van der Waals surface area contributed by atoms with Crippen molar-refractivity contribution in [3.63, 3.8) is 0 Å². The summed E-state index contributed by atoms with van der Waals surface area (Å²) in [5, 5.41) is 18.3. The minimum absolute atomic E-state index is 0.00801. The average molecular weight is 219 g/mol. The van der Waals surface area contributed by atoms with E-state index in [-0.39, 0.29) is 18.0 Å². The summed E-state index contributed by atoms with van der Waals surface area (Å²) in [4.78, 5) is 11.7. The second-order valence-electron chi connectivity index (χ2n) is 3.04. The average Bonchev–Trinajstić information content (AvgIpc) is 2.78. The molecule has 1 heterocycles. The number of nitrogens with zero attached hydrogens (tertiary/aromatic N) is 2. The second kappa shape index (κ2) is 4.54. The molecule has 2 N–H and O–H groups in total. The van der Waals surface area contributed by atoms with Crippen LogP contribution in [-0.2, 0) is 6.61 Å². The molecule has 0 saturated heterocycles. The summed E-state index contributed by atoms with van der Waals surface area (Å²) in [6.45, 7) is -0.388. The van der Waals surface area contributed by atoms with E-state index in [1.54, 1.807) is 24.3 Å². The van der Waals surface area contributed by atoms with Crippen LogP contribution in [0, 0.1) is 0 Å². The molecule has 1 aromatic carbocycles. The van der Waals surface area contributed by atoms with Gasteiger partial charge >= 0.3 is 0 Å². The van der Waals surface area contributed by atoms with Gasteiger partial charge in [0.1, 0.15) is 5.69 Å². The quantitative estimate of drug-likeness (QED) is 0.797. The van der Waals surface area contributed by atoms with Crippen molar-refractivity contribution in [2.45, 2.75) is 6.61 Å². The van der Waals surface area contributed by atoms with E-state index in [2.05, 4.69) is 20.3 Å². The Morgan fingerprint density at radius 3 is 2.75 bits per heavy atom. The number of para-hydroxylation sites is 1. The molecule has 1 amide bonds. The van der Waals surface area contributed by atoms with Crippen molar-refractivity contribution >= 4 is 11.6 Å². The molecule has 0 atom stereocenters. The summed E-state index contributed by atoms with van der Waals surface area (Å²) < 4.78 is 4.37. The van der Waals surface area contributed by atoms with Crippen LogP contribution in [0.4, 0.5) is 5.69 Å². The molecule has 1 aromatic heterocycles. The molecule has 2 aromatic rings. The molecule has 0 spiro atoms. The fraction of sp³-hybridized carbons (Fsp3) is 0.100. The number of rotatable bonds is 3. The summed E-state index contributed by atoms with van der Waals surface area (Å²) in [5.41, 5.74) is 0.749. The van der Waals surface area contributed by atoms with Gasteiger partial charge in [-0.2, -0.15) is 0 Å². The normalized spacial score (nSPS) is 10.1. The fourth-order valence-corrected chi connectivity index (χ4v) is 1.19. The number of hydrogen-bond donors (Lipinski definition) is 2. The van der Waals surface area contributed by atoms with E-state index in [0.717, 1.165) is 0 Å². The van der Waals surface area contributed by atoms with Gasteiger partial charge in [-0.15, -0.1) is 0 Å². The summed E-state index contributed by atoms with van der Waals surface area (Å²) in [5.74, 6) is -0.462. The molecule has 0 fully saturated rings. The number of hydrogen-bond acceptors (Lipinski definition) is 5. The number of amides is 1. The highest BCUT2D eigenvalue weighted by molar-refractivity contribution is 6.03. The van der Waals surface area contributed by atoms with Gasteiger partial charge < -0.3 is 10.4 Å². The lowest BCUT2D eigenvalue weighted by Crippen LogP contribution is -2.14. The largest absolute Gasteiger partial charge is 0.390 e. The molecule has 6 heteroatoms. The number of benzene rings is 1. The van der Waals surface area contributed by atoms with Gasteiger partial charge in [0.15, 0.2) is 5.69 Å². The van der Waals surface area contributed by atoms with E-state index in [0.29, 0.717) is 5.69 Å². The number of aliphatic hydroxyl groups is 1. The molecule has 0 saturated carbocycles. The second-order valence-corrected chi connectivity index (χ2v) is 3.04. The summed E-state index contributed by atoms with van der Waals surface area (Å²) in [6.07, 6.45) is 0. The molecule has 0 bridgehead atoms. The first-order valence-corrected chi connectivity index (χ1v) is 4.60. The van der Waals surface area contributed by atoms with Crippen LogP contribution < -0.4 is 5.32 Å². The van der Waals surface area contributed by atoms with E-state index in [9.17, 15) is 4.79 Å². The van der Waals surface area contributed by atoms with Crippen molar-refractivity contribution in [2.75, 3.05) is 5.32 Å². The first kappa shape index (κ1) is 10.3. The predicted molar refractivity (Wildman–Crippen MR) is 54.6 cm³/mol. The monoisotopic (exact) mass is 219 g/mol. The Labute approximate surface area is 90.9 Å². The van der Waals surface area contributed by atoms with E-state index in [1.165, 1.54) is 0 Å². The van der Waals surface area contributed by atoms with Crippen LogP contribution in [-0.4, -0.2) is 21.3 Å². The standard InChI is InChI=1S/C10H9N3O3/c14-6-8-9(13-16-12-8)10(15)11-7-4-2-1-3-5-7/h1-5,14H,6H2,(H,11,15). The lowest BCUT2D eigenvalue weighted by Gasteiger charge is -2.01. The van der Waals surface area contributed by atoms with Gasteiger partial charge in [0.05, 0.1) is 6.61 Å². The Bertz CT molecular complexity index is 481. The van der Waals surface area contributed by atoms with Crippen LogP contribution in [0.15, 0.2) is 35.0 Å². The summed E-state index contributed by atoms with van der Waals surface area (Å²) in [6, 6.07) is 8.91. The first-order valence-electron chi connectivity index (χ1n) is 4.60. The molecular weight excluding hydrogens is 210 g/mol. The third-order valence-electron chi connectivity index (χ3n) is 1.95. The number of carbonyl (C=O) groups is 1. The zero-order chi connectivity index (χ0) is 11.4. The van der Waals surface area contributed by atoms with Gasteiger partial charge in [-0.1, -0.05) is 23.4 Å². The van der Waals surface area contributed by atoms with Crippen LogP contribution >= 0.6 is 0 Å². The van der Waals surface area contributed by atoms with Gasteiger partial charge in [-0.3, -0.25) is 4.79 Å². The maximum atomic E-state index is 11.7. The highest BCUT2D eigenvalue weighted by Gasteiger charge is 2.17. The Balaban J connectivity index is 2.15. The predicted octanol–water partition coefficient (Wildman–Crippen LogP) is 0.814. The van der Waals surface area contributed by atoms with E-state index in [4.69, 9.17) is 5.11 Å². The maximum absolute atomic E-state index is 11.7. The molecule has 0 unspecified atom stereocenters. The SMILES string of the molecule is O=C(Nc1ccccc1)c1nonc1CO. The first-order chi connectivity index (χ1) is 7.81. The number of carbonyl (C=O) groups excluding carboxylic acids is 1. The highest BCUT2D eigenvalue weighted by atomic mass is 16.6. The smallest absolute Gasteiger partial charge is 0.279 e. The molecule has 2 rings (SSSR count). The molecule has 6 nitrogen and oxygen atoms in total. The molecular formula is C10H9N3O3. The fourth-order valence-electron chi connectivity index (χ4n) is 1.19. The Hall–Kier alpha value is -2.21. The van der Waals surface area contributed by atoms with Crippen LogP contribution in [0.2, 0.25) is 0 Å². The van der Waals surface area contributed by atoms with Crippen molar-refractivity contribution < 1.29 is 14.5 Å². The summed E-state index contributed by atoms with van der Waals surface area (Å²) >= 11 is 0. The van der Waals surface area contributed by atoms with E-state index >= 15 is 0 Å². The number of aliphatic hydroxyl groups excluding tert-OH is 1. The highest BCUT2D eigenvalue weighted by Crippen LogP contribution is 2.09. The Kier molecular flexibility index (Phi) is 2.93. The lowest BCUT2D eigenvalue weighted by atomic mass is 10.3. The molecule has 0 aliphatic rings. The number of aromatic nitrogens is 2. The van der Waals surface area contributed by atoms with Crippen molar-refractivity contribution in [1.29, 1.82) is 0 Å². The van der Waals surface area contributed by atoms with E-state index in [1.807, 2.05) is 6.07 Å². The van der Waals surface area contributed by atoms with Crippen molar-refractivity contribution in [2.24, 2.45) is 0 Å². The maximum Gasteiger partial charge on any atom is 0.279 e. The molecule has 0 radical (unpaired) electrons. The van der Waals surface area contributed by atoms with Gasteiger partial charge in [-0.05, 0) is 17.3 Å². The van der Waals surface area contributed by atoms with Crippen LogP contribution in [0.5, 0.6) is 0 Å². The van der Waals surface area contributed by atoms with Crippen molar-refractivity contribution in [1.82, 2.24) is 10.3 Å². The van der Waals surface area contributed by atoms with Crippen LogP contribution in [0.1, 0.15) is 16.2 Å². The Morgan fingerprint density at radius 1 is 1.31 bits per heavy atom. The number of anilines is 1. The van der Waals surface area contributed by atoms with Gasteiger partial charge in [-0.25, -0.2) is 4.63 Å². The zero-order valence-electron chi connectivity index (χ0n) is 8.25. The van der Waals surface area contributed by atoms with Crippen molar-refractivity contribution in [3.05, 3.63) is 41.7 Å². The van der Waals surface area contributed by atoms with Crippen molar-refractivity contribution in [3.8, 4) is 0 Å². The van der Waals surface area contributed by atoms with Gasteiger partial charge in [0.25, 0.3) is 5.91 Å². The van der Waals surface area contributed by atoms with Crippen LogP contribution in [0.25, 0.3) is 0 Å². The van der Waals surface area contributed by atoms with Crippen LogP contribution in [0.3, 0.4) is 0 Å². The minimum Gasteiger partial charge on any atom is -0.390 e. The summed E-state index contributed by atoms with van der Waals surface area (Å²) in [7, 11) is 0. The van der Waals surface area contributed by atoms with E-state index < -0.39 is 5.91 Å². The number of nitrogens with one attached hydrogen (secondary N) is 1. The van der Waals surface area contributed by atoms with Gasteiger partial charge in [0, 0.05) is 5.69 Å². The third-order valence-corrected chi connectivity index (χ3v) is 1.95. The molecule has 0 aliphatic heterocycles.